The Hall–Kier alpha value is -3.46. The van der Waals surface area contributed by atoms with Crippen LogP contribution < -0.4 is 10.6 Å². The van der Waals surface area contributed by atoms with Crippen LogP contribution in [0.2, 0.25) is 0 Å². The SMILES string of the molecule is CCOC(=O)C(Cc1ccccc1)NC(=O)Cc1csc(NC(=O)c2ccoc2C)n1. The molecule has 0 bridgehead atoms. The van der Waals surface area contributed by atoms with Gasteiger partial charge in [0, 0.05) is 11.8 Å². The summed E-state index contributed by atoms with van der Waals surface area (Å²) in [7, 11) is 0. The average molecular weight is 442 g/mol. The molecule has 162 valence electrons. The van der Waals surface area contributed by atoms with Crippen LogP contribution in [0, 0.1) is 6.92 Å². The van der Waals surface area contributed by atoms with Gasteiger partial charge in [-0.15, -0.1) is 11.3 Å². The minimum absolute atomic E-state index is 0.0260. The molecule has 8 nitrogen and oxygen atoms in total. The molecule has 0 spiro atoms. The molecule has 0 saturated heterocycles. The number of aromatic nitrogens is 1. The first-order valence-corrected chi connectivity index (χ1v) is 10.6. The summed E-state index contributed by atoms with van der Waals surface area (Å²) in [5.41, 5.74) is 1.82. The van der Waals surface area contributed by atoms with Crippen molar-refractivity contribution >= 4 is 34.3 Å². The molecular formula is C22H23N3O5S. The molecule has 3 aromatic rings. The van der Waals surface area contributed by atoms with E-state index in [0.29, 0.717) is 28.6 Å². The monoisotopic (exact) mass is 441 g/mol. The molecule has 0 aliphatic heterocycles. The maximum absolute atomic E-state index is 12.5. The predicted molar refractivity (Wildman–Crippen MR) is 116 cm³/mol. The van der Waals surface area contributed by atoms with Gasteiger partial charge in [-0.1, -0.05) is 30.3 Å². The minimum Gasteiger partial charge on any atom is -0.469 e. The molecule has 0 saturated carbocycles. The van der Waals surface area contributed by atoms with Crippen LogP contribution in [-0.2, 0) is 27.2 Å². The van der Waals surface area contributed by atoms with E-state index in [-0.39, 0.29) is 24.8 Å². The van der Waals surface area contributed by atoms with Crippen molar-refractivity contribution in [1.82, 2.24) is 10.3 Å². The number of nitrogens with one attached hydrogen (secondary N) is 2. The molecule has 0 aliphatic rings. The first-order valence-electron chi connectivity index (χ1n) is 9.76. The quantitative estimate of drug-likeness (QED) is 0.494. The van der Waals surface area contributed by atoms with E-state index in [0.717, 1.165) is 5.56 Å². The van der Waals surface area contributed by atoms with Crippen molar-refractivity contribution in [1.29, 1.82) is 0 Å². The van der Waals surface area contributed by atoms with Crippen LogP contribution in [0.3, 0.4) is 0 Å². The number of benzene rings is 1. The van der Waals surface area contributed by atoms with E-state index in [1.54, 1.807) is 25.3 Å². The molecule has 0 fully saturated rings. The fourth-order valence-electron chi connectivity index (χ4n) is 2.93. The van der Waals surface area contributed by atoms with Gasteiger partial charge in [0.1, 0.15) is 11.8 Å². The molecule has 1 aromatic carbocycles. The van der Waals surface area contributed by atoms with Crippen molar-refractivity contribution in [3.05, 3.63) is 70.6 Å². The molecular weight excluding hydrogens is 418 g/mol. The maximum Gasteiger partial charge on any atom is 0.328 e. The summed E-state index contributed by atoms with van der Waals surface area (Å²) in [4.78, 5) is 41.4. The van der Waals surface area contributed by atoms with Crippen LogP contribution in [0.15, 0.2) is 52.5 Å². The van der Waals surface area contributed by atoms with Crippen molar-refractivity contribution in [3.8, 4) is 0 Å². The van der Waals surface area contributed by atoms with Gasteiger partial charge in [-0.2, -0.15) is 0 Å². The largest absolute Gasteiger partial charge is 0.469 e. The summed E-state index contributed by atoms with van der Waals surface area (Å²) in [6.07, 6.45) is 1.74. The Bertz CT molecular complexity index is 1040. The third-order valence-electron chi connectivity index (χ3n) is 4.41. The van der Waals surface area contributed by atoms with Crippen molar-refractivity contribution in [3.63, 3.8) is 0 Å². The number of carbonyl (C=O) groups is 3. The van der Waals surface area contributed by atoms with Crippen molar-refractivity contribution in [2.45, 2.75) is 32.7 Å². The summed E-state index contributed by atoms with van der Waals surface area (Å²) < 4.78 is 10.2. The second-order valence-corrected chi connectivity index (χ2v) is 7.59. The number of carbonyl (C=O) groups excluding carboxylic acids is 3. The zero-order chi connectivity index (χ0) is 22.2. The summed E-state index contributed by atoms with van der Waals surface area (Å²) in [5.74, 6) is -0.664. The minimum atomic E-state index is -0.795. The molecule has 1 atom stereocenters. The number of thiazole rings is 1. The van der Waals surface area contributed by atoms with Gasteiger partial charge >= 0.3 is 5.97 Å². The van der Waals surface area contributed by atoms with Gasteiger partial charge in [-0.3, -0.25) is 14.9 Å². The van der Waals surface area contributed by atoms with Gasteiger partial charge in [0.15, 0.2) is 5.13 Å². The molecule has 2 heterocycles. The van der Waals surface area contributed by atoms with Crippen LogP contribution in [0.5, 0.6) is 0 Å². The number of anilines is 1. The van der Waals surface area contributed by atoms with Crippen LogP contribution in [0.4, 0.5) is 5.13 Å². The van der Waals surface area contributed by atoms with E-state index in [4.69, 9.17) is 9.15 Å². The highest BCUT2D eigenvalue weighted by molar-refractivity contribution is 7.14. The number of nitrogens with zero attached hydrogens (tertiary/aromatic N) is 1. The summed E-state index contributed by atoms with van der Waals surface area (Å²) >= 11 is 1.21. The Labute approximate surface area is 183 Å². The summed E-state index contributed by atoms with van der Waals surface area (Å²) in [6, 6.07) is 10.2. The zero-order valence-corrected chi connectivity index (χ0v) is 18.0. The topological polar surface area (TPSA) is 111 Å². The highest BCUT2D eigenvalue weighted by Gasteiger charge is 2.23. The molecule has 1 unspecified atom stereocenters. The van der Waals surface area contributed by atoms with Crippen molar-refractivity contribution < 1.29 is 23.5 Å². The normalized spacial score (nSPS) is 11.5. The van der Waals surface area contributed by atoms with Gasteiger partial charge in [0.2, 0.25) is 5.91 Å². The van der Waals surface area contributed by atoms with Crippen LogP contribution in [0.25, 0.3) is 0 Å². The second-order valence-electron chi connectivity index (χ2n) is 6.73. The standard InChI is InChI=1S/C22H23N3O5S/c1-3-29-21(28)18(11-15-7-5-4-6-8-15)24-19(26)12-16-13-31-22(23-16)25-20(27)17-9-10-30-14(17)2/h4-10,13,18H,3,11-12H2,1-2H3,(H,24,26)(H,23,25,27). The van der Waals surface area contributed by atoms with E-state index >= 15 is 0 Å². The molecule has 2 aromatic heterocycles. The Morgan fingerprint density at radius 3 is 2.65 bits per heavy atom. The van der Waals surface area contributed by atoms with Gasteiger partial charge in [0.05, 0.1) is 30.5 Å². The maximum atomic E-state index is 12.5. The first-order chi connectivity index (χ1) is 15.0. The van der Waals surface area contributed by atoms with Gasteiger partial charge in [0.25, 0.3) is 5.91 Å². The van der Waals surface area contributed by atoms with E-state index < -0.39 is 12.0 Å². The van der Waals surface area contributed by atoms with Gasteiger partial charge in [-0.25, -0.2) is 9.78 Å². The zero-order valence-electron chi connectivity index (χ0n) is 17.2. The van der Waals surface area contributed by atoms with E-state index in [9.17, 15) is 14.4 Å². The Morgan fingerprint density at radius 2 is 1.97 bits per heavy atom. The van der Waals surface area contributed by atoms with Crippen molar-refractivity contribution in [2.24, 2.45) is 0 Å². The van der Waals surface area contributed by atoms with E-state index in [1.165, 1.54) is 17.6 Å². The molecule has 31 heavy (non-hydrogen) atoms. The second kappa shape index (κ2) is 10.5. The van der Waals surface area contributed by atoms with Gasteiger partial charge < -0.3 is 14.5 Å². The number of esters is 1. The fraction of sp³-hybridized carbons (Fsp3) is 0.273. The van der Waals surface area contributed by atoms with Crippen molar-refractivity contribution in [2.75, 3.05) is 11.9 Å². The smallest absolute Gasteiger partial charge is 0.328 e. The Morgan fingerprint density at radius 1 is 1.19 bits per heavy atom. The lowest BCUT2D eigenvalue weighted by atomic mass is 10.1. The number of hydrogen-bond donors (Lipinski definition) is 2. The number of aryl methyl sites for hydroxylation is 1. The highest BCUT2D eigenvalue weighted by atomic mass is 32.1. The predicted octanol–water partition coefficient (Wildman–Crippen LogP) is 3.13. The summed E-state index contributed by atoms with van der Waals surface area (Å²) in [6.45, 7) is 3.64. The van der Waals surface area contributed by atoms with Crippen LogP contribution in [-0.4, -0.2) is 35.4 Å². The summed E-state index contributed by atoms with van der Waals surface area (Å²) in [5, 5.41) is 7.48. The Balaban J connectivity index is 1.59. The first kappa shape index (κ1) is 22.2. The number of hydrogen-bond acceptors (Lipinski definition) is 7. The lowest BCUT2D eigenvalue weighted by Crippen LogP contribution is -2.44. The van der Waals surface area contributed by atoms with Crippen LogP contribution in [0.1, 0.15) is 34.3 Å². The number of furan rings is 1. The number of ether oxygens (including phenoxy) is 1. The number of rotatable bonds is 9. The molecule has 9 heteroatoms. The molecule has 0 aliphatic carbocycles. The van der Waals surface area contributed by atoms with E-state index in [2.05, 4.69) is 15.6 Å². The number of amides is 2. The molecule has 2 N–H and O–H groups in total. The lowest BCUT2D eigenvalue weighted by molar-refractivity contribution is -0.147. The Kier molecular flexibility index (Phi) is 7.55. The third kappa shape index (κ3) is 6.26. The molecule has 2 amide bonds. The molecule has 0 radical (unpaired) electrons. The third-order valence-corrected chi connectivity index (χ3v) is 5.21. The molecule has 3 rings (SSSR count). The average Bonchev–Trinajstić information content (AvgIpc) is 3.37. The van der Waals surface area contributed by atoms with Gasteiger partial charge in [-0.05, 0) is 25.5 Å². The fourth-order valence-corrected chi connectivity index (χ4v) is 3.63. The van der Waals surface area contributed by atoms with Crippen LogP contribution >= 0.6 is 11.3 Å². The highest BCUT2D eigenvalue weighted by Crippen LogP contribution is 2.18. The lowest BCUT2D eigenvalue weighted by Gasteiger charge is -2.17. The van der Waals surface area contributed by atoms with E-state index in [1.807, 2.05) is 30.3 Å².